The number of nitrogens with zero attached hydrogens (tertiary/aromatic N) is 6. The molecule has 0 saturated carbocycles. The van der Waals surface area contributed by atoms with E-state index in [1.165, 1.54) is 24.3 Å². The van der Waals surface area contributed by atoms with E-state index in [4.69, 9.17) is 0 Å². The molecule has 1 aliphatic rings. The summed E-state index contributed by atoms with van der Waals surface area (Å²) in [6.07, 6.45) is 2.31. The maximum atomic E-state index is 15.0. The summed E-state index contributed by atoms with van der Waals surface area (Å²) in [4.78, 5) is 21.8. The zero-order valence-corrected chi connectivity index (χ0v) is 26.0. The summed E-state index contributed by atoms with van der Waals surface area (Å²) in [5, 5.41) is 9.88. The van der Waals surface area contributed by atoms with E-state index in [1.54, 1.807) is 28.4 Å². The Bertz CT molecular complexity index is 2010. The van der Waals surface area contributed by atoms with E-state index in [0.29, 0.717) is 35.6 Å². The third-order valence-electron chi connectivity index (χ3n) is 8.07. The van der Waals surface area contributed by atoms with Gasteiger partial charge >= 0.3 is 6.18 Å². The van der Waals surface area contributed by atoms with Crippen LogP contribution in [-0.4, -0.2) is 68.1 Å². The first kappa shape index (κ1) is 31.8. The van der Waals surface area contributed by atoms with Gasteiger partial charge in [-0.2, -0.15) is 18.3 Å². The number of alkyl halides is 3. The van der Waals surface area contributed by atoms with Crippen molar-refractivity contribution in [1.29, 1.82) is 0 Å². The van der Waals surface area contributed by atoms with Gasteiger partial charge < -0.3 is 15.5 Å². The molecule has 1 saturated heterocycles. The first-order valence-corrected chi connectivity index (χ1v) is 14.9. The topological polar surface area (TPSA) is 82.7 Å². The molecule has 2 N–H and O–H groups in total. The molecule has 0 aliphatic carbocycles. The Hall–Kier alpha value is -5.19. The maximum absolute atomic E-state index is 15.0. The summed E-state index contributed by atoms with van der Waals surface area (Å²) >= 11 is 0. The Morgan fingerprint density at radius 1 is 1.00 bits per heavy atom. The molecule has 1 aliphatic heterocycles. The number of aryl methyl sites for hydroxylation is 2. The van der Waals surface area contributed by atoms with Gasteiger partial charge in [0, 0.05) is 63.4 Å². The van der Waals surface area contributed by atoms with Gasteiger partial charge in [0.05, 0.1) is 34.9 Å². The van der Waals surface area contributed by atoms with Crippen LogP contribution in [0.15, 0.2) is 67.3 Å². The number of rotatable bonds is 6. The number of carbonyl (C=O) groups excluding carboxylic acids is 1. The van der Waals surface area contributed by atoms with Crippen LogP contribution in [0.5, 0.6) is 0 Å². The van der Waals surface area contributed by atoms with Crippen molar-refractivity contribution < 1.29 is 22.4 Å². The van der Waals surface area contributed by atoms with Gasteiger partial charge in [-0.25, -0.2) is 9.37 Å². The van der Waals surface area contributed by atoms with Crippen LogP contribution in [0.2, 0.25) is 0 Å². The van der Waals surface area contributed by atoms with Gasteiger partial charge in [0.1, 0.15) is 11.5 Å². The van der Waals surface area contributed by atoms with Crippen LogP contribution in [0.25, 0.3) is 5.65 Å². The molecule has 9 nitrogen and oxygen atoms in total. The van der Waals surface area contributed by atoms with Crippen molar-refractivity contribution in [3.05, 3.63) is 107 Å². The van der Waals surface area contributed by atoms with Crippen molar-refractivity contribution in [2.45, 2.75) is 19.6 Å². The quantitative estimate of drug-likeness (QED) is 0.183. The van der Waals surface area contributed by atoms with Crippen LogP contribution in [0.3, 0.4) is 0 Å². The lowest BCUT2D eigenvalue weighted by molar-refractivity contribution is -0.138. The van der Waals surface area contributed by atoms with Crippen LogP contribution in [0.4, 0.5) is 34.6 Å². The number of halogens is 4. The third-order valence-corrected chi connectivity index (χ3v) is 8.07. The largest absolute Gasteiger partial charge is 0.416 e. The van der Waals surface area contributed by atoms with Crippen molar-refractivity contribution in [3.63, 3.8) is 0 Å². The molecule has 4 heterocycles. The van der Waals surface area contributed by atoms with Gasteiger partial charge in [-0.15, -0.1) is 0 Å². The summed E-state index contributed by atoms with van der Waals surface area (Å²) in [6.45, 7) is 4.66. The first-order valence-electron chi connectivity index (χ1n) is 14.9. The molecule has 0 unspecified atom stereocenters. The first-order chi connectivity index (χ1) is 22.4. The van der Waals surface area contributed by atoms with E-state index < -0.39 is 23.5 Å². The third kappa shape index (κ3) is 7.14. The average Bonchev–Trinajstić information content (AvgIpc) is 3.64. The molecule has 0 atom stereocenters. The van der Waals surface area contributed by atoms with E-state index in [0.717, 1.165) is 30.5 Å². The summed E-state index contributed by atoms with van der Waals surface area (Å²) in [7, 11) is 3.79. The van der Waals surface area contributed by atoms with Crippen LogP contribution in [0, 0.1) is 24.6 Å². The fourth-order valence-electron chi connectivity index (χ4n) is 5.46. The molecular formula is C34H32F4N8O. The number of likely N-dealkylation sites (N-methyl/N-ethyl adjacent to an activating group) is 1. The molecule has 2 aromatic carbocycles. The van der Waals surface area contributed by atoms with Crippen molar-refractivity contribution in [2.75, 3.05) is 43.9 Å². The molecule has 0 radical (unpaired) electrons. The summed E-state index contributed by atoms with van der Waals surface area (Å²) < 4.78 is 60.7. The van der Waals surface area contributed by atoms with E-state index in [1.807, 2.05) is 43.5 Å². The van der Waals surface area contributed by atoms with Crippen LogP contribution < -0.4 is 10.6 Å². The Morgan fingerprint density at radius 2 is 1.79 bits per heavy atom. The van der Waals surface area contributed by atoms with Gasteiger partial charge in [0.15, 0.2) is 5.65 Å². The number of anilines is 3. The number of nitrogens with one attached hydrogen (secondary N) is 2. The van der Waals surface area contributed by atoms with E-state index in [9.17, 15) is 18.0 Å². The smallest absolute Gasteiger partial charge is 0.350 e. The number of hydrogen-bond donors (Lipinski definition) is 2. The molecule has 13 heteroatoms. The minimum atomic E-state index is -4.63. The SMILES string of the molecule is Cc1cc(F)c(C(=O)Nc2ccc(CN3CCN(C)CC3)c(C(F)(F)F)c2)cc1C#Cc1cnc2c(Nc3cnn(C)c3)cccn12. The Balaban J connectivity index is 1.23. The predicted octanol–water partition coefficient (Wildman–Crippen LogP) is 5.68. The summed E-state index contributed by atoms with van der Waals surface area (Å²) in [5.41, 5.74) is 2.46. The normalized spacial score (nSPS) is 14.2. The molecule has 6 rings (SSSR count). The summed E-state index contributed by atoms with van der Waals surface area (Å²) in [5.74, 6) is 4.34. The number of fused-ring (bicyclic) bond motifs is 1. The maximum Gasteiger partial charge on any atom is 0.416 e. The zero-order chi connectivity index (χ0) is 33.3. The van der Waals surface area contributed by atoms with Gasteiger partial charge in [0.25, 0.3) is 5.91 Å². The number of pyridine rings is 1. The van der Waals surface area contributed by atoms with Crippen molar-refractivity contribution in [2.24, 2.45) is 7.05 Å². The lowest BCUT2D eigenvalue weighted by Gasteiger charge is -2.33. The average molecular weight is 645 g/mol. The molecule has 1 fully saturated rings. The van der Waals surface area contributed by atoms with Gasteiger partial charge in [-0.05, 0) is 67.4 Å². The standard InChI is InChI=1S/C34H32F4N8O/c1-22-15-30(35)28(33(47)42-25-8-6-24(29(17-25)34(36,37)38)20-45-13-11-43(2)12-14-45)16-23(22)7-9-27-19-39-32-31(5-4-10-46(27)32)41-26-18-40-44(3)21-26/h4-6,8,10,15-19,21,41H,11-14,20H2,1-3H3,(H,42,47). The second-order valence-corrected chi connectivity index (χ2v) is 11.6. The number of hydrogen-bond acceptors (Lipinski definition) is 6. The molecule has 0 spiro atoms. The number of aromatic nitrogens is 4. The van der Waals surface area contributed by atoms with E-state index >= 15 is 4.39 Å². The monoisotopic (exact) mass is 644 g/mol. The van der Waals surface area contributed by atoms with Crippen LogP contribution >= 0.6 is 0 Å². The second-order valence-electron chi connectivity index (χ2n) is 11.6. The predicted molar refractivity (Wildman–Crippen MR) is 171 cm³/mol. The molecule has 1 amide bonds. The number of imidazole rings is 1. The fraction of sp³-hybridized carbons (Fsp3) is 0.265. The highest BCUT2D eigenvalue weighted by molar-refractivity contribution is 6.04. The molecule has 0 bridgehead atoms. The minimum Gasteiger partial charge on any atom is -0.350 e. The van der Waals surface area contributed by atoms with Gasteiger partial charge in [-0.3, -0.25) is 18.8 Å². The molecule has 3 aromatic heterocycles. The van der Waals surface area contributed by atoms with Crippen LogP contribution in [-0.2, 0) is 19.8 Å². The van der Waals surface area contributed by atoms with E-state index in [2.05, 4.69) is 37.5 Å². The van der Waals surface area contributed by atoms with Crippen molar-refractivity contribution in [1.82, 2.24) is 29.0 Å². The second kappa shape index (κ2) is 12.9. The Labute approximate surface area is 268 Å². The lowest BCUT2D eigenvalue weighted by atomic mass is 10.0. The lowest BCUT2D eigenvalue weighted by Crippen LogP contribution is -2.44. The van der Waals surface area contributed by atoms with Gasteiger partial charge in [-0.1, -0.05) is 12.0 Å². The zero-order valence-electron chi connectivity index (χ0n) is 26.0. The highest BCUT2D eigenvalue weighted by atomic mass is 19.4. The molecule has 242 valence electrons. The van der Waals surface area contributed by atoms with Crippen molar-refractivity contribution >= 4 is 28.6 Å². The Morgan fingerprint density at radius 3 is 2.51 bits per heavy atom. The minimum absolute atomic E-state index is 0.0847. The number of carbonyl (C=O) groups is 1. The highest BCUT2D eigenvalue weighted by Crippen LogP contribution is 2.35. The van der Waals surface area contributed by atoms with Crippen LogP contribution in [0.1, 0.15) is 38.3 Å². The number of amides is 1. The van der Waals surface area contributed by atoms with E-state index in [-0.39, 0.29) is 23.4 Å². The molecular weight excluding hydrogens is 612 g/mol. The molecule has 47 heavy (non-hydrogen) atoms. The number of piperazine rings is 1. The van der Waals surface area contributed by atoms with Crippen molar-refractivity contribution in [3.8, 4) is 11.8 Å². The van der Waals surface area contributed by atoms with Gasteiger partial charge in [0.2, 0.25) is 0 Å². The fourth-order valence-corrected chi connectivity index (χ4v) is 5.46. The highest BCUT2D eigenvalue weighted by Gasteiger charge is 2.34. The number of benzene rings is 2. The summed E-state index contributed by atoms with van der Waals surface area (Å²) in [6, 6.07) is 9.88. The Kier molecular flexibility index (Phi) is 8.72. The molecule has 5 aromatic rings.